The van der Waals surface area contributed by atoms with Crippen molar-refractivity contribution in [3.63, 3.8) is 0 Å². The zero-order valence-electron chi connectivity index (χ0n) is 22.0. The van der Waals surface area contributed by atoms with Gasteiger partial charge >= 0.3 is 0 Å². The van der Waals surface area contributed by atoms with Crippen molar-refractivity contribution in [3.8, 4) is 11.8 Å². The number of ether oxygens (including phenoxy) is 1. The lowest BCUT2D eigenvalue weighted by molar-refractivity contribution is -0.122. The molecule has 39 heavy (non-hydrogen) atoms. The molecule has 200 valence electrons. The first-order valence-electron chi connectivity index (χ1n) is 13.0. The first kappa shape index (κ1) is 26.6. The second-order valence-corrected chi connectivity index (χ2v) is 10.1. The first-order valence-corrected chi connectivity index (χ1v) is 13.4. The number of para-hydroxylation sites is 1. The molecule has 0 spiro atoms. The predicted molar refractivity (Wildman–Crippen MR) is 148 cm³/mol. The molecule has 5 rings (SSSR count). The summed E-state index contributed by atoms with van der Waals surface area (Å²) in [6, 6.07) is 19.2. The van der Waals surface area contributed by atoms with Crippen molar-refractivity contribution in [1.29, 1.82) is 5.26 Å². The maximum absolute atomic E-state index is 14.0. The monoisotopic (exact) mass is 543 g/mol. The summed E-state index contributed by atoms with van der Waals surface area (Å²) in [6.45, 7) is 5.90. The largest absolute Gasteiger partial charge is 0.383 e. The van der Waals surface area contributed by atoms with E-state index >= 15 is 0 Å². The number of hydrogen-bond acceptors (Lipinski definition) is 8. The lowest BCUT2D eigenvalue weighted by Crippen LogP contribution is -2.55. The van der Waals surface area contributed by atoms with E-state index in [1.807, 2.05) is 61.2 Å². The highest BCUT2D eigenvalue weighted by atomic mass is 35.5. The van der Waals surface area contributed by atoms with Gasteiger partial charge in [-0.15, -0.1) is 5.10 Å². The minimum absolute atomic E-state index is 0.0826. The van der Waals surface area contributed by atoms with Crippen molar-refractivity contribution < 1.29 is 9.53 Å². The molecule has 1 fully saturated rings. The molecule has 3 heterocycles. The Hall–Kier alpha value is -4.00. The third-order valence-corrected chi connectivity index (χ3v) is 7.67. The van der Waals surface area contributed by atoms with Crippen molar-refractivity contribution >= 4 is 23.2 Å². The second kappa shape index (κ2) is 11.0. The van der Waals surface area contributed by atoms with Crippen LogP contribution in [0.1, 0.15) is 31.1 Å². The van der Waals surface area contributed by atoms with E-state index in [-0.39, 0.29) is 23.6 Å². The van der Waals surface area contributed by atoms with E-state index in [1.165, 1.54) is 0 Å². The number of carbonyl (C=O) groups excluding carboxylic acids is 1. The molecule has 0 bridgehead atoms. The number of aryl methyl sites for hydroxylation is 1. The summed E-state index contributed by atoms with van der Waals surface area (Å²) >= 11 is 6.07. The van der Waals surface area contributed by atoms with Gasteiger partial charge in [0.2, 0.25) is 0 Å². The van der Waals surface area contributed by atoms with Gasteiger partial charge in [-0.1, -0.05) is 55.8 Å². The number of hydrogen-bond donors (Lipinski definition) is 1. The van der Waals surface area contributed by atoms with Crippen molar-refractivity contribution in [3.05, 3.63) is 88.2 Å². The van der Waals surface area contributed by atoms with E-state index in [0.29, 0.717) is 55.2 Å². The molecule has 2 unspecified atom stereocenters. The quantitative estimate of drug-likeness (QED) is 0.483. The number of benzene rings is 2. The van der Waals surface area contributed by atoms with Gasteiger partial charge in [0.15, 0.2) is 5.82 Å². The van der Waals surface area contributed by atoms with Crippen LogP contribution in [0.5, 0.6) is 0 Å². The molecular weight excluding hydrogens is 514 g/mol. The topological polar surface area (TPSA) is 122 Å². The Labute approximate surface area is 232 Å². The van der Waals surface area contributed by atoms with E-state index in [9.17, 15) is 10.1 Å². The number of nitrogens with zero attached hydrogens (tertiary/aromatic N) is 6. The number of aromatic nitrogens is 3. The van der Waals surface area contributed by atoms with Crippen LogP contribution in [0, 0.1) is 17.2 Å². The number of rotatable bonds is 7. The van der Waals surface area contributed by atoms with Crippen molar-refractivity contribution in [2.24, 2.45) is 16.6 Å². The molecule has 0 amide bonds. The van der Waals surface area contributed by atoms with Crippen LogP contribution in [0.4, 0.5) is 0 Å². The molecule has 2 aliphatic heterocycles. The average molecular weight is 544 g/mol. The van der Waals surface area contributed by atoms with Crippen molar-refractivity contribution in [1.82, 2.24) is 19.7 Å². The predicted octanol–water partition coefficient (Wildman–Crippen LogP) is 3.61. The minimum atomic E-state index is -1.36. The van der Waals surface area contributed by atoms with Crippen LogP contribution in [-0.4, -0.2) is 57.6 Å². The van der Waals surface area contributed by atoms with Crippen LogP contribution < -0.4 is 5.73 Å². The summed E-state index contributed by atoms with van der Waals surface area (Å²) in [6.07, 6.45) is 0.741. The van der Waals surface area contributed by atoms with Crippen LogP contribution in [0.25, 0.3) is 5.69 Å². The fourth-order valence-electron chi connectivity index (χ4n) is 5.34. The fourth-order valence-corrected chi connectivity index (χ4v) is 5.47. The van der Waals surface area contributed by atoms with Crippen LogP contribution in [0.2, 0.25) is 5.02 Å². The van der Waals surface area contributed by atoms with Crippen LogP contribution in [0.15, 0.2) is 71.0 Å². The maximum atomic E-state index is 14.0. The van der Waals surface area contributed by atoms with E-state index < -0.39 is 11.3 Å². The SMILES string of the molecule is CCc1nc(C2(C(C)C(=O)Cc3ccc(Cl)cc3)C(N3CCOCC3)=NC(N)=C2C#N)nn1-c1ccccc1. The number of ketones is 1. The third kappa shape index (κ3) is 4.71. The number of aliphatic imine (C=N–C) groups is 1. The van der Waals surface area contributed by atoms with Gasteiger partial charge in [-0.3, -0.25) is 4.79 Å². The Bertz CT molecular complexity index is 1470. The molecule has 2 N–H and O–H groups in total. The molecule has 2 atom stereocenters. The zero-order valence-corrected chi connectivity index (χ0v) is 22.7. The molecule has 2 aliphatic rings. The zero-order chi connectivity index (χ0) is 27.6. The van der Waals surface area contributed by atoms with Gasteiger partial charge in [-0.2, -0.15) is 5.26 Å². The fraction of sp³-hybridized carbons (Fsp3) is 0.345. The molecule has 2 aromatic carbocycles. The highest BCUT2D eigenvalue weighted by molar-refractivity contribution is 6.30. The lowest BCUT2D eigenvalue weighted by atomic mass is 9.67. The van der Waals surface area contributed by atoms with Crippen LogP contribution in [0.3, 0.4) is 0 Å². The molecule has 0 radical (unpaired) electrons. The van der Waals surface area contributed by atoms with E-state index in [4.69, 9.17) is 37.1 Å². The minimum Gasteiger partial charge on any atom is -0.383 e. The summed E-state index contributed by atoms with van der Waals surface area (Å²) < 4.78 is 7.36. The summed E-state index contributed by atoms with van der Waals surface area (Å²) in [4.78, 5) is 25.7. The number of carbonyl (C=O) groups is 1. The molecule has 1 saturated heterocycles. The lowest BCUT2D eigenvalue weighted by Gasteiger charge is -2.40. The molecule has 3 aromatic rings. The third-order valence-electron chi connectivity index (χ3n) is 7.42. The van der Waals surface area contributed by atoms with Gasteiger partial charge < -0.3 is 15.4 Å². The Morgan fingerprint density at radius 2 is 1.87 bits per heavy atom. The van der Waals surface area contributed by atoms with Crippen LogP contribution >= 0.6 is 11.6 Å². The Kier molecular flexibility index (Phi) is 7.51. The number of halogens is 1. The maximum Gasteiger partial charge on any atom is 0.171 e. The Balaban J connectivity index is 1.69. The van der Waals surface area contributed by atoms with Gasteiger partial charge in [0.05, 0.1) is 24.5 Å². The summed E-state index contributed by atoms with van der Waals surface area (Å²) in [5.74, 6) is 0.806. The molecular formula is C29H30ClN7O2. The summed E-state index contributed by atoms with van der Waals surface area (Å²) in [5.41, 5.74) is 6.91. The first-order chi connectivity index (χ1) is 18.9. The molecule has 9 nitrogen and oxygen atoms in total. The van der Waals surface area contributed by atoms with Crippen molar-refractivity contribution in [2.75, 3.05) is 26.3 Å². The molecule has 10 heteroatoms. The van der Waals surface area contributed by atoms with Gasteiger partial charge in [0, 0.05) is 36.9 Å². The number of Topliss-reactive ketones (excluding diaryl/α,β-unsaturated/α-hetero) is 1. The van der Waals surface area contributed by atoms with Gasteiger partial charge in [-0.25, -0.2) is 14.7 Å². The summed E-state index contributed by atoms with van der Waals surface area (Å²) in [5, 5.41) is 16.0. The number of nitriles is 1. The number of amidine groups is 1. The van der Waals surface area contributed by atoms with Gasteiger partial charge in [0.1, 0.15) is 34.7 Å². The highest BCUT2D eigenvalue weighted by Gasteiger charge is 2.58. The Morgan fingerprint density at radius 3 is 2.51 bits per heavy atom. The Morgan fingerprint density at radius 1 is 1.18 bits per heavy atom. The van der Waals surface area contributed by atoms with Crippen molar-refractivity contribution in [2.45, 2.75) is 32.1 Å². The number of morpholine rings is 1. The smallest absolute Gasteiger partial charge is 0.171 e. The normalized spacial score (nSPS) is 20.1. The van der Waals surface area contributed by atoms with E-state index in [2.05, 4.69) is 6.07 Å². The van der Waals surface area contributed by atoms with E-state index in [1.54, 1.807) is 16.8 Å². The highest BCUT2D eigenvalue weighted by Crippen LogP contribution is 2.46. The van der Waals surface area contributed by atoms with Gasteiger partial charge in [0.25, 0.3) is 0 Å². The molecule has 0 saturated carbocycles. The standard InChI is InChI=1S/C29H30ClN7O2/c1-3-25-33-27(35-37(25)22-7-5-4-6-8-22)29(19(2)24(38)17-20-9-11-21(30)12-10-20)23(18-31)26(32)34-28(29)36-13-15-39-16-14-36/h4-12,19H,3,13-17,32H2,1-2H3. The second-order valence-electron chi connectivity index (χ2n) is 9.66. The molecule has 0 aliphatic carbocycles. The average Bonchev–Trinajstić information content (AvgIpc) is 3.54. The van der Waals surface area contributed by atoms with E-state index in [0.717, 1.165) is 11.3 Å². The number of nitrogens with two attached hydrogens (primary N) is 1. The summed E-state index contributed by atoms with van der Waals surface area (Å²) in [7, 11) is 0. The van der Waals surface area contributed by atoms with Gasteiger partial charge in [-0.05, 0) is 29.8 Å². The van der Waals surface area contributed by atoms with Crippen LogP contribution in [-0.2, 0) is 27.8 Å². The molecule has 1 aromatic heterocycles.